The standard InChI is InChI=1S/C30H28N2O4/c33-29(27-15-8-13-23-11-4-6-14-26(23)27)32(30(34)35-21-22-9-2-1-3-10-22)18-17-31-20-25-19-24-12-5-7-16-28(24)36-25/h1-16,25,31H,17-21H2. The first-order chi connectivity index (χ1) is 17.7. The molecule has 1 aliphatic heterocycles. The van der Waals surface area contributed by atoms with Gasteiger partial charge in [-0.1, -0.05) is 84.9 Å². The van der Waals surface area contributed by atoms with E-state index in [2.05, 4.69) is 11.4 Å². The van der Waals surface area contributed by atoms with Gasteiger partial charge in [0.1, 0.15) is 18.5 Å². The summed E-state index contributed by atoms with van der Waals surface area (Å²) >= 11 is 0. The Hall–Kier alpha value is -4.16. The summed E-state index contributed by atoms with van der Waals surface area (Å²) in [4.78, 5) is 27.9. The SMILES string of the molecule is O=C(OCc1ccccc1)N(CCNCC1Cc2ccccc2O1)C(=O)c1cccc2ccccc12. The van der Waals surface area contributed by atoms with E-state index in [9.17, 15) is 9.59 Å². The first kappa shape index (κ1) is 23.6. The molecule has 1 aliphatic rings. The predicted molar refractivity (Wildman–Crippen MR) is 139 cm³/mol. The average molecular weight is 481 g/mol. The lowest BCUT2D eigenvalue weighted by Gasteiger charge is -2.22. The molecule has 0 aromatic heterocycles. The Morgan fingerprint density at radius 2 is 1.64 bits per heavy atom. The molecule has 2 amide bonds. The fourth-order valence-corrected chi connectivity index (χ4v) is 4.45. The first-order valence-electron chi connectivity index (χ1n) is 12.1. The molecule has 4 aromatic rings. The molecule has 6 nitrogen and oxygen atoms in total. The molecule has 0 fully saturated rings. The Morgan fingerprint density at radius 1 is 0.889 bits per heavy atom. The van der Waals surface area contributed by atoms with Crippen LogP contribution in [0, 0.1) is 0 Å². The van der Waals surface area contributed by atoms with Gasteiger partial charge in [0.2, 0.25) is 0 Å². The van der Waals surface area contributed by atoms with Gasteiger partial charge in [-0.05, 0) is 34.0 Å². The number of amides is 2. The van der Waals surface area contributed by atoms with Crippen LogP contribution in [0.1, 0.15) is 21.5 Å². The number of carbonyl (C=O) groups is 2. The van der Waals surface area contributed by atoms with Gasteiger partial charge in [0.25, 0.3) is 5.91 Å². The summed E-state index contributed by atoms with van der Waals surface area (Å²) < 4.78 is 11.5. The van der Waals surface area contributed by atoms with E-state index in [-0.39, 0.29) is 25.2 Å². The molecule has 6 heteroatoms. The molecule has 1 unspecified atom stereocenters. The number of hydrogen-bond acceptors (Lipinski definition) is 5. The number of nitrogens with one attached hydrogen (secondary N) is 1. The van der Waals surface area contributed by atoms with Gasteiger partial charge >= 0.3 is 6.09 Å². The van der Waals surface area contributed by atoms with Gasteiger partial charge in [0, 0.05) is 31.6 Å². The Kier molecular flexibility index (Phi) is 7.24. The zero-order chi connectivity index (χ0) is 24.7. The molecular formula is C30H28N2O4. The van der Waals surface area contributed by atoms with E-state index in [1.165, 1.54) is 10.5 Å². The van der Waals surface area contributed by atoms with Crippen LogP contribution in [0.5, 0.6) is 5.75 Å². The lowest BCUT2D eigenvalue weighted by Crippen LogP contribution is -2.43. The minimum absolute atomic E-state index is 0.0228. The Bertz CT molecular complexity index is 1330. The summed E-state index contributed by atoms with van der Waals surface area (Å²) in [6, 6.07) is 30.6. The van der Waals surface area contributed by atoms with E-state index in [0.717, 1.165) is 28.5 Å². The number of hydrogen-bond donors (Lipinski definition) is 1. The fourth-order valence-electron chi connectivity index (χ4n) is 4.45. The van der Waals surface area contributed by atoms with Crippen molar-refractivity contribution in [2.75, 3.05) is 19.6 Å². The average Bonchev–Trinajstić information content (AvgIpc) is 3.34. The molecule has 0 saturated heterocycles. The van der Waals surface area contributed by atoms with Crippen molar-refractivity contribution in [1.29, 1.82) is 0 Å². The van der Waals surface area contributed by atoms with Gasteiger partial charge in [-0.2, -0.15) is 0 Å². The molecule has 4 aromatic carbocycles. The highest BCUT2D eigenvalue weighted by Gasteiger charge is 2.26. The molecular weight excluding hydrogens is 452 g/mol. The smallest absolute Gasteiger partial charge is 0.417 e. The molecule has 1 heterocycles. The van der Waals surface area contributed by atoms with Crippen molar-refractivity contribution in [3.63, 3.8) is 0 Å². The topological polar surface area (TPSA) is 67.9 Å². The summed E-state index contributed by atoms with van der Waals surface area (Å²) in [5, 5.41) is 5.08. The van der Waals surface area contributed by atoms with Crippen molar-refractivity contribution in [3.05, 3.63) is 114 Å². The van der Waals surface area contributed by atoms with E-state index < -0.39 is 6.09 Å². The van der Waals surface area contributed by atoms with Gasteiger partial charge in [0.05, 0.1) is 0 Å². The largest absolute Gasteiger partial charge is 0.488 e. The summed E-state index contributed by atoms with van der Waals surface area (Å²) in [5.74, 6) is 0.540. The van der Waals surface area contributed by atoms with Crippen LogP contribution < -0.4 is 10.1 Å². The minimum Gasteiger partial charge on any atom is -0.488 e. The molecule has 36 heavy (non-hydrogen) atoms. The van der Waals surface area contributed by atoms with E-state index in [1.54, 1.807) is 6.07 Å². The van der Waals surface area contributed by atoms with Gasteiger partial charge in [-0.25, -0.2) is 9.69 Å². The molecule has 0 bridgehead atoms. The molecule has 1 atom stereocenters. The van der Waals surface area contributed by atoms with Crippen molar-refractivity contribution in [2.24, 2.45) is 0 Å². The number of fused-ring (bicyclic) bond motifs is 2. The number of imide groups is 1. The molecule has 0 spiro atoms. The Balaban J connectivity index is 1.26. The van der Waals surface area contributed by atoms with Crippen molar-refractivity contribution >= 4 is 22.8 Å². The van der Waals surface area contributed by atoms with Crippen molar-refractivity contribution < 1.29 is 19.1 Å². The van der Waals surface area contributed by atoms with E-state index in [0.29, 0.717) is 18.7 Å². The van der Waals surface area contributed by atoms with Crippen LogP contribution in [0.25, 0.3) is 10.8 Å². The van der Waals surface area contributed by atoms with E-state index in [1.807, 2.05) is 84.9 Å². The Morgan fingerprint density at radius 3 is 2.50 bits per heavy atom. The molecule has 182 valence electrons. The van der Waals surface area contributed by atoms with Crippen LogP contribution in [-0.4, -0.2) is 42.6 Å². The monoisotopic (exact) mass is 480 g/mol. The maximum absolute atomic E-state index is 13.6. The van der Waals surface area contributed by atoms with Gasteiger partial charge in [-0.15, -0.1) is 0 Å². The summed E-state index contributed by atoms with van der Waals surface area (Å²) in [5.41, 5.74) is 2.53. The third-order valence-electron chi connectivity index (χ3n) is 6.29. The number of rotatable bonds is 8. The van der Waals surface area contributed by atoms with Crippen LogP contribution in [0.2, 0.25) is 0 Å². The first-order valence-corrected chi connectivity index (χ1v) is 12.1. The minimum atomic E-state index is -0.664. The van der Waals surface area contributed by atoms with Gasteiger partial charge in [0.15, 0.2) is 0 Å². The highest BCUT2D eigenvalue weighted by atomic mass is 16.6. The predicted octanol–water partition coefficient (Wildman–Crippen LogP) is 5.21. The fraction of sp³-hybridized carbons (Fsp3) is 0.200. The molecule has 5 rings (SSSR count). The van der Waals surface area contributed by atoms with E-state index in [4.69, 9.17) is 9.47 Å². The molecule has 1 N–H and O–H groups in total. The van der Waals surface area contributed by atoms with Crippen molar-refractivity contribution in [2.45, 2.75) is 19.1 Å². The summed E-state index contributed by atoms with van der Waals surface area (Å²) in [6.45, 7) is 1.31. The number of carbonyl (C=O) groups excluding carboxylic acids is 2. The van der Waals surface area contributed by atoms with Crippen molar-refractivity contribution in [3.8, 4) is 5.75 Å². The second-order valence-electron chi connectivity index (χ2n) is 8.78. The summed E-state index contributed by atoms with van der Waals surface area (Å²) in [6.07, 6.45) is 0.193. The quantitative estimate of drug-likeness (QED) is 0.351. The number of benzene rings is 4. The maximum atomic E-state index is 13.6. The number of para-hydroxylation sites is 1. The lowest BCUT2D eigenvalue weighted by atomic mass is 10.0. The summed E-state index contributed by atoms with van der Waals surface area (Å²) in [7, 11) is 0. The number of nitrogens with zero attached hydrogens (tertiary/aromatic N) is 1. The molecule has 0 radical (unpaired) electrons. The zero-order valence-corrected chi connectivity index (χ0v) is 19.9. The van der Waals surface area contributed by atoms with Crippen LogP contribution in [0.3, 0.4) is 0 Å². The third-order valence-corrected chi connectivity index (χ3v) is 6.29. The van der Waals surface area contributed by atoms with E-state index >= 15 is 0 Å². The van der Waals surface area contributed by atoms with Crippen molar-refractivity contribution in [1.82, 2.24) is 10.2 Å². The highest BCUT2D eigenvalue weighted by Crippen LogP contribution is 2.27. The lowest BCUT2D eigenvalue weighted by molar-refractivity contribution is 0.0644. The second kappa shape index (κ2) is 11.1. The number of ether oxygens (including phenoxy) is 2. The maximum Gasteiger partial charge on any atom is 0.417 e. The van der Waals surface area contributed by atoms with Gasteiger partial charge in [-0.3, -0.25) is 4.79 Å². The molecule has 0 saturated carbocycles. The normalized spacial score (nSPS) is 14.2. The van der Waals surface area contributed by atoms with Crippen LogP contribution in [-0.2, 0) is 17.8 Å². The third kappa shape index (κ3) is 5.39. The van der Waals surface area contributed by atoms with Crippen LogP contribution in [0.4, 0.5) is 4.79 Å². The highest BCUT2D eigenvalue weighted by molar-refractivity contribution is 6.11. The Labute approximate surface area is 210 Å². The molecule has 0 aliphatic carbocycles. The second-order valence-corrected chi connectivity index (χ2v) is 8.78. The van der Waals surface area contributed by atoms with Crippen LogP contribution in [0.15, 0.2) is 97.1 Å². The van der Waals surface area contributed by atoms with Gasteiger partial charge < -0.3 is 14.8 Å². The van der Waals surface area contributed by atoms with Crippen LogP contribution >= 0.6 is 0 Å². The zero-order valence-electron chi connectivity index (χ0n) is 19.9.